The molecule has 1 amide bonds. The van der Waals surface area contributed by atoms with Crippen LogP contribution in [0, 0.1) is 11.3 Å². The maximum absolute atomic E-state index is 12.4. The van der Waals surface area contributed by atoms with Crippen LogP contribution in [0.4, 0.5) is 5.69 Å². The summed E-state index contributed by atoms with van der Waals surface area (Å²) in [6.07, 6.45) is 4.75. The van der Waals surface area contributed by atoms with E-state index >= 15 is 0 Å². The van der Waals surface area contributed by atoms with Gasteiger partial charge in [0, 0.05) is 18.7 Å². The van der Waals surface area contributed by atoms with Gasteiger partial charge in [0.25, 0.3) is 5.91 Å². The second-order valence-electron chi connectivity index (χ2n) is 6.67. The van der Waals surface area contributed by atoms with Crippen LogP contribution in [0.15, 0.2) is 36.8 Å². The molecule has 2 N–H and O–H groups in total. The summed E-state index contributed by atoms with van der Waals surface area (Å²) in [5, 5.41) is 12.4. The number of aromatic nitrogens is 2. The van der Waals surface area contributed by atoms with Crippen LogP contribution in [0.5, 0.6) is 0 Å². The first-order valence-corrected chi connectivity index (χ1v) is 8.36. The molecule has 2 saturated heterocycles. The Labute approximate surface area is 145 Å². The molecular formula is C18H19N5O2. The number of nitrogens with zero attached hydrogens (tertiary/aromatic N) is 3. The number of hydrogen-bond acceptors (Lipinski definition) is 5. The molecule has 7 nitrogen and oxygen atoms in total. The van der Waals surface area contributed by atoms with Crippen LogP contribution >= 0.6 is 0 Å². The van der Waals surface area contributed by atoms with Crippen molar-refractivity contribution in [1.82, 2.24) is 14.9 Å². The minimum atomic E-state index is -0.278. The van der Waals surface area contributed by atoms with Crippen molar-refractivity contribution in [2.24, 2.45) is 0 Å². The Kier molecular flexibility index (Phi) is 3.90. The number of aromatic amines is 1. The lowest BCUT2D eigenvalue weighted by atomic mass is 9.97. The van der Waals surface area contributed by atoms with Gasteiger partial charge in [0.15, 0.2) is 0 Å². The van der Waals surface area contributed by atoms with Gasteiger partial charge in [-0.15, -0.1) is 0 Å². The highest BCUT2D eigenvalue weighted by molar-refractivity contribution is 5.92. The van der Waals surface area contributed by atoms with Gasteiger partial charge in [-0.2, -0.15) is 5.26 Å². The van der Waals surface area contributed by atoms with Crippen LogP contribution in [-0.2, 0) is 4.74 Å². The molecule has 1 aromatic carbocycles. The molecule has 2 aliphatic heterocycles. The molecular weight excluding hydrogens is 318 g/mol. The fourth-order valence-electron chi connectivity index (χ4n) is 3.70. The monoisotopic (exact) mass is 337 g/mol. The third kappa shape index (κ3) is 3.08. The minimum Gasteiger partial charge on any atom is -0.380 e. The summed E-state index contributed by atoms with van der Waals surface area (Å²) >= 11 is 0. The summed E-state index contributed by atoms with van der Waals surface area (Å²) in [6.45, 7) is 1.89. The molecule has 0 aliphatic carbocycles. The van der Waals surface area contributed by atoms with E-state index in [4.69, 9.17) is 10.00 Å². The number of nitriles is 1. The lowest BCUT2D eigenvalue weighted by Gasteiger charge is -2.23. The number of anilines is 1. The van der Waals surface area contributed by atoms with E-state index in [1.165, 1.54) is 6.33 Å². The molecule has 0 unspecified atom stereocenters. The van der Waals surface area contributed by atoms with Crippen LogP contribution in [0.25, 0.3) is 0 Å². The van der Waals surface area contributed by atoms with Crippen molar-refractivity contribution >= 4 is 11.6 Å². The van der Waals surface area contributed by atoms with E-state index in [0.29, 0.717) is 31.0 Å². The van der Waals surface area contributed by atoms with Gasteiger partial charge in [-0.25, -0.2) is 4.98 Å². The molecule has 1 spiro atoms. The number of amides is 1. The van der Waals surface area contributed by atoms with Crippen molar-refractivity contribution in [3.05, 3.63) is 48.0 Å². The first kappa shape index (κ1) is 15.7. The first-order chi connectivity index (χ1) is 12.2. The second-order valence-corrected chi connectivity index (χ2v) is 6.67. The van der Waals surface area contributed by atoms with Gasteiger partial charge in [0.05, 0.1) is 49.0 Å². The number of carbonyl (C=O) groups excluding carboxylic acids is 1. The van der Waals surface area contributed by atoms with Crippen molar-refractivity contribution in [2.75, 3.05) is 25.0 Å². The molecule has 128 valence electrons. The average Bonchev–Trinajstić information content (AvgIpc) is 3.37. The van der Waals surface area contributed by atoms with Crippen LogP contribution in [0.3, 0.4) is 0 Å². The smallest absolute Gasteiger partial charge is 0.272 e. The van der Waals surface area contributed by atoms with Crippen molar-refractivity contribution in [3.63, 3.8) is 0 Å². The average molecular weight is 337 g/mol. The fourth-order valence-corrected chi connectivity index (χ4v) is 3.70. The fraction of sp³-hybridized carbons (Fsp3) is 0.389. The third-order valence-electron chi connectivity index (χ3n) is 4.90. The number of carbonyl (C=O) groups is 1. The summed E-state index contributed by atoms with van der Waals surface area (Å²) in [7, 11) is 0. The van der Waals surface area contributed by atoms with Crippen molar-refractivity contribution < 1.29 is 9.53 Å². The normalized spacial score (nSPS) is 25.2. The Balaban J connectivity index is 1.39. The molecule has 4 rings (SSSR count). The Morgan fingerprint density at radius 3 is 3.24 bits per heavy atom. The summed E-state index contributed by atoms with van der Waals surface area (Å²) in [6, 6.07) is 9.77. The zero-order valence-corrected chi connectivity index (χ0v) is 13.7. The van der Waals surface area contributed by atoms with Crippen LogP contribution in [0.2, 0.25) is 0 Å². The Morgan fingerprint density at radius 2 is 2.44 bits per heavy atom. The van der Waals surface area contributed by atoms with Gasteiger partial charge in [-0.1, -0.05) is 6.07 Å². The number of H-pyrrole nitrogens is 1. The number of rotatable bonds is 3. The first-order valence-electron chi connectivity index (χ1n) is 8.36. The van der Waals surface area contributed by atoms with Gasteiger partial charge in [0.2, 0.25) is 0 Å². The molecule has 2 aliphatic rings. The molecule has 25 heavy (non-hydrogen) atoms. The highest BCUT2D eigenvalue weighted by Crippen LogP contribution is 2.36. The van der Waals surface area contributed by atoms with E-state index in [-0.39, 0.29) is 17.6 Å². The van der Waals surface area contributed by atoms with Gasteiger partial charge < -0.3 is 19.9 Å². The van der Waals surface area contributed by atoms with E-state index < -0.39 is 0 Å². The van der Waals surface area contributed by atoms with E-state index in [0.717, 1.165) is 18.5 Å². The summed E-state index contributed by atoms with van der Waals surface area (Å²) in [4.78, 5) is 21.0. The van der Waals surface area contributed by atoms with Gasteiger partial charge in [0.1, 0.15) is 5.69 Å². The second kappa shape index (κ2) is 6.22. The molecule has 2 aromatic rings. The zero-order chi connectivity index (χ0) is 17.3. The zero-order valence-electron chi connectivity index (χ0n) is 13.7. The maximum Gasteiger partial charge on any atom is 0.272 e. The lowest BCUT2D eigenvalue weighted by molar-refractivity contribution is 0.0124. The molecule has 2 fully saturated rings. The Morgan fingerprint density at radius 1 is 1.52 bits per heavy atom. The number of hydrogen-bond donors (Lipinski definition) is 2. The highest BCUT2D eigenvalue weighted by Gasteiger charge is 2.47. The number of imidazole rings is 1. The lowest BCUT2D eigenvalue weighted by Crippen LogP contribution is -2.36. The van der Waals surface area contributed by atoms with E-state index in [9.17, 15) is 4.79 Å². The quantitative estimate of drug-likeness (QED) is 0.890. The van der Waals surface area contributed by atoms with Gasteiger partial charge in [-0.3, -0.25) is 4.79 Å². The Bertz CT molecular complexity index is 813. The van der Waals surface area contributed by atoms with E-state index in [2.05, 4.69) is 21.4 Å². The molecule has 7 heteroatoms. The largest absolute Gasteiger partial charge is 0.380 e. The number of benzene rings is 1. The van der Waals surface area contributed by atoms with E-state index in [1.807, 2.05) is 23.1 Å². The molecule has 0 radical (unpaired) electrons. The Hall–Kier alpha value is -2.85. The van der Waals surface area contributed by atoms with E-state index in [1.54, 1.807) is 12.3 Å². The molecule has 0 saturated carbocycles. The minimum absolute atomic E-state index is 0.0314. The van der Waals surface area contributed by atoms with Crippen molar-refractivity contribution in [2.45, 2.75) is 24.5 Å². The van der Waals surface area contributed by atoms with Crippen LogP contribution in [0.1, 0.15) is 28.9 Å². The van der Waals surface area contributed by atoms with Gasteiger partial charge >= 0.3 is 0 Å². The molecule has 0 bridgehead atoms. The standard InChI is InChI=1S/C18H19N5O2/c19-8-13-2-1-3-14(6-13)22-15-7-18(25-10-15)4-5-23(11-18)17(24)16-9-20-12-21-16/h1-3,6,9,12,15,22H,4-5,7,10-11H2,(H,20,21)/t15-,18+/m0/s1. The van der Waals surface area contributed by atoms with Crippen LogP contribution in [-0.4, -0.2) is 52.1 Å². The topological polar surface area (TPSA) is 94.0 Å². The van der Waals surface area contributed by atoms with Gasteiger partial charge in [-0.05, 0) is 24.6 Å². The predicted molar refractivity (Wildman–Crippen MR) is 91.0 cm³/mol. The predicted octanol–water partition coefficient (Wildman–Crippen LogP) is 1.77. The number of nitrogens with one attached hydrogen (secondary N) is 2. The highest BCUT2D eigenvalue weighted by atomic mass is 16.5. The molecule has 2 atom stereocenters. The summed E-state index contributed by atoms with van der Waals surface area (Å²) < 4.78 is 6.09. The summed E-state index contributed by atoms with van der Waals surface area (Å²) in [5.74, 6) is -0.0314. The van der Waals surface area contributed by atoms with Crippen molar-refractivity contribution in [3.8, 4) is 6.07 Å². The number of ether oxygens (including phenoxy) is 1. The van der Waals surface area contributed by atoms with Crippen molar-refractivity contribution in [1.29, 1.82) is 5.26 Å². The SMILES string of the molecule is N#Cc1cccc(N[C@@H]2CO[C@]3(CCN(C(=O)c4cnc[nH]4)C3)C2)c1. The maximum atomic E-state index is 12.4. The third-order valence-corrected chi connectivity index (χ3v) is 4.90. The number of likely N-dealkylation sites (tertiary alicyclic amines) is 1. The summed E-state index contributed by atoms with van der Waals surface area (Å²) in [5.41, 5.74) is 1.79. The van der Waals surface area contributed by atoms with Crippen LogP contribution < -0.4 is 5.32 Å². The molecule has 3 heterocycles. The molecule has 1 aromatic heterocycles.